The van der Waals surface area contributed by atoms with E-state index in [2.05, 4.69) is 52.9 Å². The summed E-state index contributed by atoms with van der Waals surface area (Å²) >= 11 is 0. The van der Waals surface area contributed by atoms with Gasteiger partial charge < -0.3 is 14.0 Å². The standard InChI is InChI=1S/C21H25N3O/c1-17-9-13-24-16-20(22-21(24)15-17)18-5-7-19(8-6-18)25-14-4-12-23-10-2-3-11-23/h5-9,13,15-16H,2-4,10-12,14H2,1H3. The first-order chi connectivity index (χ1) is 12.3. The van der Waals surface area contributed by atoms with E-state index >= 15 is 0 Å². The van der Waals surface area contributed by atoms with Crippen LogP contribution in [0.1, 0.15) is 24.8 Å². The molecule has 4 heteroatoms. The predicted octanol–water partition coefficient (Wildman–Crippen LogP) is 4.17. The molecule has 4 rings (SSSR count). The first-order valence-electron chi connectivity index (χ1n) is 9.19. The molecule has 130 valence electrons. The molecule has 0 bridgehead atoms. The maximum absolute atomic E-state index is 5.88. The van der Waals surface area contributed by atoms with Crippen LogP contribution in [0.25, 0.3) is 16.9 Å². The zero-order valence-corrected chi connectivity index (χ0v) is 14.8. The first kappa shape index (κ1) is 16.2. The summed E-state index contributed by atoms with van der Waals surface area (Å²) in [6.07, 6.45) is 7.92. The van der Waals surface area contributed by atoms with Gasteiger partial charge in [0.1, 0.15) is 11.4 Å². The number of fused-ring (bicyclic) bond motifs is 1. The molecule has 1 fully saturated rings. The van der Waals surface area contributed by atoms with Crippen molar-refractivity contribution in [3.05, 3.63) is 54.4 Å². The van der Waals surface area contributed by atoms with Crippen molar-refractivity contribution in [1.82, 2.24) is 14.3 Å². The molecule has 25 heavy (non-hydrogen) atoms. The molecule has 1 aliphatic rings. The summed E-state index contributed by atoms with van der Waals surface area (Å²) in [6, 6.07) is 12.5. The zero-order valence-electron chi connectivity index (χ0n) is 14.8. The van der Waals surface area contributed by atoms with Gasteiger partial charge in [-0.05, 0) is 81.2 Å². The monoisotopic (exact) mass is 335 g/mol. The van der Waals surface area contributed by atoms with Crippen LogP contribution >= 0.6 is 0 Å². The van der Waals surface area contributed by atoms with Crippen molar-refractivity contribution in [2.24, 2.45) is 0 Å². The molecule has 0 atom stereocenters. The highest BCUT2D eigenvalue weighted by molar-refractivity contribution is 5.63. The fourth-order valence-electron chi connectivity index (χ4n) is 3.43. The molecule has 0 saturated carbocycles. The second-order valence-electron chi connectivity index (χ2n) is 6.87. The Balaban J connectivity index is 1.35. The van der Waals surface area contributed by atoms with E-state index in [1.165, 1.54) is 31.5 Å². The van der Waals surface area contributed by atoms with Gasteiger partial charge >= 0.3 is 0 Å². The van der Waals surface area contributed by atoms with Crippen LogP contribution < -0.4 is 4.74 Å². The summed E-state index contributed by atoms with van der Waals surface area (Å²) in [5.41, 5.74) is 4.32. The molecular weight excluding hydrogens is 310 g/mol. The third kappa shape index (κ3) is 3.85. The van der Waals surface area contributed by atoms with Crippen molar-refractivity contribution in [3.8, 4) is 17.0 Å². The Morgan fingerprint density at radius 1 is 1.08 bits per heavy atom. The van der Waals surface area contributed by atoms with Crippen LogP contribution in [0, 0.1) is 6.92 Å². The summed E-state index contributed by atoms with van der Waals surface area (Å²) < 4.78 is 7.94. The van der Waals surface area contributed by atoms with E-state index in [1.54, 1.807) is 0 Å². The molecule has 3 aromatic rings. The number of imidazole rings is 1. The molecule has 0 unspecified atom stereocenters. The van der Waals surface area contributed by atoms with Gasteiger partial charge in [0.2, 0.25) is 0 Å². The van der Waals surface area contributed by atoms with Crippen LogP contribution in [0.2, 0.25) is 0 Å². The lowest BCUT2D eigenvalue weighted by Gasteiger charge is -2.14. The van der Waals surface area contributed by atoms with Crippen molar-refractivity contribution in [1.29, 1.82) is 0 Å². The van der Waals surface area contributed by atoms with E-state index in [-0.39, 0.29) is 0 Å². The van der Waals surface area contributed by atoms with Gasteiger partial charge in [-0.25, -0.2) is 4.98 Å². The lowest BCUT2D eigenvalue weighted by atomic mass is 10.2. The number of likely N-dealkylation sites (tertiary alicyclic amines) is 1. The molecule has 3 heterocycles. The van der Waals surface area contributed by atoms with E-state index in [1.807, 2.05) is 12.1 Å². The molecule has 4 nitrogen and oxygen atoms in total. The minimum absolute atomic E-state index is 0.781. The van der Waals surface area contributed by atoms with Gasteiger partial charge in [0.25, 0.3) is 0 Å². The molecule has 1 aromatic carbocycles. The van der Waals surface area contributed by atoms with E-state index in [0.717, 1.165) is 42.2 Å². The number of aryl methyl sites for hydroxylation is 1. The summed E-state index contributed by atoms with van der Waals surface area (Å²) in [5.74, 6) is 0.935. The highest BCUT2D eigenvalue weighted by Crippen LogP contribution is 2.22. The fourth-order valence-corrected chi connectivity index (χ4v) is 3.43. The minimum atomic E-state index is 0.781. The third-order valence-corrected chi connectivity index (χ3v) is 4.85. The van der Waals surface area contributed by atoms with Crippen molar-refractivity contribution < 1.29 is 4.74 Å². The molecule has 0 spiro atoms. The molecular formula is C21H25N3O. The minimum Gasteiger partial charge on any atom is -0.494 e. The van der Waals surface area contributed by atoms with Crippen LogP contribution in [-0.4, -0.2) is 40.5 Å². The number of rotatable bonds is 6. The molecule has 2 aromatic heterocycles. The van der Waals surface area contributed by atoms with Gasteiger partial charge in [-0.1, -0.05) is 0 Å². The number of pyridine rings is 1. The highest BCUT2D eigenvalue weighted by Gasteiger charge is 2.10. The maximum atomic E-state index is 5.88. The molecule has 0 radical (unpaired) electrons. The summed E-state index contributed by atoms with van der Waals surface area (Å²) in [6.45, 7) is 6.53. The zero-order chi connectivity index (χ0) is 17.1. The lowest BCUT2D eigenvalue weighted by molar-refractivity contribution is 0.263. The number of aromatic nitrogens is 2. The first-order valence-corrected chi connectivity index (χ1v) is 9.19. The summed E-state index contributed by atoms with van der Waals surface area (Å²) in [4.78, 5) is 7.23. The van der Waals surface area contributed by atoms with Crippen LogP contribution in [-0.2, 0) is 0 Å². The van der Waals surface area contributed by atoms with Gasteiger partial charge in [-0.2, -0.15) is 0 Å². The predicted molar refractivity (Wildman–Crippen MR) is 101 cm³/mol. The van der Waals surface area contributed by atoms with Crippen LogP contribution in [0.3, 0.4) is 0 Å². The Kier molecular flexibility index (Phi) is 4.70. The fraction of sp³-hybridized carbons (Fsp3) is 0.381. The van der Waals surface area contributed by atoms with Gasteiger partial charge in [0.15, 0.2) is 0 Å². The topological polar surface area (TPSA) is 29.8 Å². The van der Waals surface area contributed by atoms with Crippen molar-refractivity contribution in [3.63, 3.8) is 0 Å². The lowest BCUT2D eigenvalue weighted by Crippen LogP contribution is -2.21. The average Bonchev–Trinajstić information content (AvgIpc) is 3.28. The van der Waals surface area contributed by atoms with Gasteiger partial charge in [-0.3, -0.25) is 0 Å². The van der Waals surface area contributed by atoms with Crippen molar-refractivity contribution in [2.45, 2.75) is 26.2 Å². The normalized spacial score (nSPS) is 15.1. The average molecular weight is 335 g/mol. The van der Waals surface area contributed by atoms with Crippen molar-refractivity contribution in [2.75, 3.05) is 26.2 Å². The van der Waals surface area contributed by atoms with Crippen molar-refractivity contribution >= 4 is 5.65 Å². The van der Waals surface area contributed by atoms with E-state index in [9.17, 15) is 0 Å². The smallest absolute Gasteiger partial charge is 0.137 e. The van der Waals surface area contributed by atoms with Gasteiger partial charge in [0.05, 0.1) is 12.3 Å². The Morgan fingerprint density at radius 3 is 2.68 bits per heavy atom. The van der Waals surface area contributed by atoms with Crippen LogP contribution in [0.4, 0.5) is 0 Å². The number of ether oxygens (including phenoxy) is 1. The molecule has 0 N–H and O–H groups in total. The Labute approximate surface area is 149 Å². The molecule has 0 aliphatic carbocycles. The third-order valence-electron chi connectivity index (χ3n) is 4.85. The molecule has 0 amide bonds. The van der Waals surface area contributed by atoms with E-state index in [4.69, 9.17) is 9.72 Å². The number of nitrogens with zero attached hydrogens (tertiary/aromatic N) is 3. The molecule has 1 aliphatic heterocycles. The summed E-state index contributed by atoms with van der Waals surface area (Å²) in [5, 5.41) is 0. The largest absolute Gasteiger partial charge is 0.494 e. The van der Waals surface area contributed by atoms with E-state index < -0.39 is 0 Å². The molecule has 1 saturated heterocycles. The summed E-state index contributed by atoms with van der Waals surface area (Å²) in [7, 11) is 0. The van der Waals surface area contributed by atoms with Gasteiger partial charge in [-0.15, -0.1) is 0 Å². The Bertz CT molecular complexity index is 832. The number of hydrogen-bond donors (Lipinski definition) is 0. The Morgan fingerprint density at radius 2 is 1.88 bits per heavy atom. The quantitative estimate of drug-likeness (QED) is 0.633. The highest BCUT2D eigenvalue weighted by atomic mass is 16.5. The second kappa shape index (κ2) is 7.28. The Hall–Kier alpha value is -2.33. The second-order valence-corrected chi connectivity index (χ2v) is 6.87. The van der Waals surface area contributed by atoms with Crippen LogP contribution in [0.5, 0.6) is 5.75 Å². The van der Waals surface area contributed by atoms with Crippen LogP contribution in [0.15, 0.2) is 48.8 Å². The van der Waals surface area contributed by atoms with E-state index in [0.29, 0.717) is 0 Å². The van der Waals surface area contributed by atoms with Gasteiger partial charge in [0, 0.05) is 24.5 Å². The number of hydrogen-bond acceptors (Lipinski definition) is 3. The SMILES string of the molecule is Cc1ccn2cc(-c3ccc(OCCCN4CCCC4)cc3)nc2c1. The number of benzene rings is 1. The maximum Gasteiger partial charge on any atom is 0.137 e.